The van der Waals surface area contributed by atoms with Crippen LogP contribution < -0.4 is 16.8 Å². The highest BCUT2D eigenvalue weighted by Gasteiger charge is 2.14. The predicted octanol–water partition coefficient (Wildman–Crippen LogP) is 0.315. The highest BCUT2D eigenvalue weighted by molar-refractivity contribution is 7.52. The van der Waals surface area contributed by atoms with Gasteiger partial charge in [-0.25, -0.2) is 4.79 Å². The van der Waals surface area contributed by atoms with Gasteiger partial charge < -0.3 is 41.5 Å². The standard InChI is InChI=1S/C12H19N3O2.C5H14O6P2/c13-5-6-15-8-11(14)7-9-1-3-10(4-2-9)12(16)17;6-12(7,8)4-2-1-3-5-13(9,10)11/h1-4,11,15H,5-8,13-14H2,(H,16,17);1-5H2,(H2,6,7,8)(H2,9,10,11). The monoisotopic (exact) mass is 469 g/mol. The van der Waals surface area contributed by atoms with Gasteiger partial charge in [0.25, 0.3) is 0 Å². The third kappa shape index (κ3) is 17.7. The van der Waals surface area contributed by atoms with E-state index in [1.807, 2.05) is 0 Å². The molecule has 0 heterocycles. The van der Waals surface area contributed by atoms with Crippen LogP contribution >= 0.6 is 15.2 Å². The van der Waals surface area contributed by atoms with Crippen LogP contribution in [-0.4, -0.2) is 68.6 Å². The minimum absolute atomic E-state index is 0.0113. The van der Waals surface area contributed by atoms with E-state index in [-0.39, 0.29) is 18.4 Å². The summed E-state index contributed by atoms with van der Waals surface area (Å²) in [5.74, 6) is -0.912. The Bertz CT molecular complexity index is 681. The summed E-state index contributed by atoms with van der Waals surface area (Å²) in [4.78, 5) is 44.4. The number of carboxylic acids is 1. The first-order chi connectivity index (χ1) is 13.8. The van der Waals surface area contributed by atoms with Crippen molar-refractivity contribution in [2.75, 3.05) is 32.0 Å². The molecular weight excluding hydrogens is 436 g/mol. The molecule has 0 saturated heterocycles. The van der Waals surface area contributed by atoms with Gasteiger partial charge in [0.1, 0.15) is 0 Å². The molecule has 1 unspecified atom stereocenters. The van der Waals surface area contributed by atoms with Crippen LogP contribution in [0.25, 0.3) is 0 Å². The molecule has 0 aliphatic heterocycles. The van der Waals surface area contributed by atoms with Crippen molar-refractivity contribution >= 4 is 21.2 Å². The summed E-state index contributed by atoms with van der Waals surface area (Å²) in [5.41, 5.74) is 12.6. The Hall–Kier alpha value is -1.13. The lowest BCUT2D eigenvalue weighted by Gasteiger charge is -2.12. The van der Waals surface area contributed by atoms with Crippen molar-refractivity contribution in [2.45, 2.75) is 31.7 Å². The fourth-order valence-electron chi connectivity index (χ4n) is 2.36. The van der Waals surface area contributed by atoms with E-state index >= 15 is 0 Å². The van der Waals surface area contributed by atoms with Crippen LogP contribution in [0.3, 0.4) is 0 Å². The molecule has 1 aromatic carbocycles. The lowest BCUT2D eigenvalue weighted by atomic mass is 10.0. The summed E-state index contributed by atoms with van der Waals surface area (Å²) in [5, 5.41) is 11.9. The van der Waals surface area contributed by atoms with Gasteiger partial charge in [-0.15, -0.1) is 0 Å². The second-order valence-corrected chi connectivity index (χ2v) is 10.3. The van der Waals surface area contributed by atoms with E-state index in [2.05, 4.69) is 5.32 Å². The molecule has 30 heavy (non-hydrogen) atoms. The largest absolute Gasteiger partial charge is 0.478 e. The maximum Gasteiger partial charge on any atom is 0.335 e. The summed E-state index contributed by atoms with van der Waals surface area (Å²) in [6.07, 6.45) is 1.31. The number of aromatic carboxylic acids is 1. The molecule has 0 bridgehead atoms. The van der Waals surface area contributed by atoms with Crippen LogP contribution in [0.5, 0.6) is 0 Å². The number of nitrogens with two attached hydrogens (primary N) is 2. The summed E-state index contributed by atoms with van der Waals surface area (Å²) in [6, 6.07) is 6.80. The Balaban J connectivity index is 0.000000584. The Morgan fingerprint density at radius 3 is 1.87 bits per heavy atom. The van der Waals surface area contributed by atoms with Crippen LogP contribution in [0.2, 0.25) is 0 Å². The Morgan fingerprint density at radius 2 is 1.47 bits per heavy atom. The molecule has 0 spiro atoms. The van der Waals surface area contributed by atoms with E-state index in [1.165, 1.54) is 0 Å². The Labute approximate surface area is 176 Å². The first-order valence-corrected chi connectivity index (χ1v) is 13.0. The molecule has 0 amide bonds. The predicted molar refractivity (Wildman–Crippen MR) is 115 cm³/mol. The number of unbranched alkanes of at least 4 members (excludes halogenated alkanes) is 2. The van der Waals surface area contributed by atoms with Crippen molar-refractivity contribution in [1.29, 1.82) is 0 Å². The first kappa shape index (κ1) is 28.9. The SMILES string of the molecule is NCCNCC(N)Cc1ccc(C(=O)O)cc1.O=P(O)(O)CCCCCP(=O)(O)O. The maximum absolute atomic E-state index is 10.7. The topological polar surface area (TPSA) is 216 Å². The minimum atomic E-state index is -3.94. The van der Waals surface area contributed by atoms with Crippen molar-refractivity contribution in [3.63, 3.8) is 0 Å². The summed E-state index contributed by atoms with van der Waals surface area (Å²) < 4.78 is 20.7. The number of hydrogen-bond donors (Lipinski definition) is 8. The van der Waals surface area contributed by atoms with Crippen molar-refractivity contribution in [2.24, 2.45) is 11.5 Å². The Kier molecular flexibility index (Phi) is 14.2. The van der Waals surface area contributed by atoms with Gasteiger partial charge in [0.2, 0.25) is 0 Å². The van der Waals surface area contributed by atoms with Crippen molar-refractivity contribution < 1.29 is 38.6 Å². The third-order valence-corrected chi connectivity index (χ3v) is 5.62. The highest BCUT2D eigenvalue weighted by atomic mass is 31.2. The highest BCUT2D eigenvalue weighted by Crippen LogP contribution is 2.37. The molecule has 11 nitrogen and oxygen atoms in total. The molecule has 13 heteroatoms. The zero-order chi connectivity index (χ0) is 23.2. The lowest BCUT2D eigenvalue weighted by molar-refractivity contribution is 0.0696. The van der Waals surface area contributed by atoms with Gasteiger partial charge in [-0.3, -0.25) is 9.13 Å². The number of nitrogens with one attached hydrogen (secondary N) is 1. The molecule has 1 atom stereocenters. The number of carboxylic acid groups (broad SMARTS) is 1. The summed E-state index contributed by atoms with van der Waals surface area (Å²) >= 11 is 0. The quantitative estimate of drug-likeness (QED) is 0.145. The van der Waals surface area contributed by atoms with E-state index in [0.29, 0.717) is 37.9 Å². The van der Waals surface area contributed by atoms with Gasteiger partial charge in [-0.2, -0.15) is 0 Å². The van der Waals surface area contributed by atoms with Crippen LogP contribution in [0.4, 0.5) is 0 Å². The van der Waals surface area contributed by atoms with E-state index in [9.17, 15) is 13.9 Å². The van der Waals surface area contributed by atoms with Gasteiger partial charge in [0.15, 0.2) is 0 Å². The molecule has 0 saturated carbocycles. The molecule has 10 N–H and O–H groups in total. The second-order valence-electron chi connectivity index (χ2n) is 6.80. The number of rotatable bonds is 13. The Morgan fingerprint density at radius 1 is 0.967 bits per heavy atom. The second kappa shape index (κ2) is 14.8. The molecule has 0 aliphatic rings. The molecule has 174 valence electrons. The number of benzene rings is 1. The van der Waals surface area contributed by atoms with Crippen molar-refractivity contribution in [1.82, 2.24) is 5.32 Å². The van der Waals surface area contributed by atoms with E-state index in [4.69, 9.17) is 36.1 Å². The molecular formula is C17H33N3O8P2. The average Bonchev–Trinajstić information content (AvgIpc) is 2.60. The van der Waals surface area contributed by atoms with Crippen LogP contribution in [0.15, 0.2) is 24.3 Å². The summed E-state index contributed by atoms with van der Waals surface area (Å²) in [6.45, 7) is 2.06. The van der Waals surface area contributed by atoms with E-state index < -0.39 is 21.2 Å². The number of hydrogen-bond acceptors (Lipinski definition) is 6. The smallest absolute Gasteiger partial charge is 0.335 e. The zero-order valence-electron chi connectivity index (χ0n) is 16.8. The lowest BCUT2D eigenvalue weighted by Crippen LogP contribution is -2.37. The fraction of sp³-hybridized carbons (Fsp3) is 0.588. The molecule has 0 aliphatic carbocycles. The van der Waals surface area contributed by atoms with Crippen LogP contribution in [-0.2, 0) is 15.6 Å². The maximum atomic E-state index is 10.7. The van der Waals surface area contributed by atoms with Crippen molar-refractivity contribution in [3.8, 4) is 0 Å². The van der Waals surface area contributed by atoms with Crippen LogP contribution in [0, 0.1) is 0 Å². The van der Waals surface area contributed by atoms with Gasteiger partial charge in [-0.1, -0.05) is 18.6 Å². The molecule has 0 fully saturated rings. The third-order valence-electron chi connectivity index (χ3n) is 3.83. The summed E-state index contributed by atoms with van der Waals surface area (Å²) in [7, 11) is -7.88. The van der Waals surface area contributed by atoms with E-state index in [1.54, 1.807) is 24.3 Å². The van der Waals surface area contributed by atoms with Gasteiger partial charge in [0, 0.05) is 38.0 Å². The van der Waals surface area contributed by atoms with Gasteiger partial charge in [0.05, 0.1) is 5.56 Å². The average molecular weight is 469 g/mol. The minimum Gasteiger partial charge on any atom is -0.478 e. The normalized spacial score (nSPS) is 12.7. The van der Waals surface area contributed by atoms with E-state index in [0.717, 1.165) is 18.5 Å². The molecule has 1 aromatic rings. The molecule has 0 aromatic heterocycles. The van der Waals surface area contributed by atoms with Gasteiger partial charge >= 0.3 is 21.2 Å². The zero-order valence-corrected chi connectivity index (χ0v) is 18.5. The first-order valence-electron chi connectivity index (χ1n) is 9.42. The van der Waals surface area contributed by atoms with Gasteiger partial charge in [-0.05, 0) is 37.0 Å². The van der Waals surface area contributed by atoms with Crippen LogP contribution in [0.1, 0.15) is 35.2 Å². The molecule has 1 rings (SSSR count). The fourth-order valence-corrected chi connectivity index (χ4v) is 3.63. The number of carbonyl (C=O) groups is 1. The molecule has 0 radical (unpaired) electrons. The van der Waals surface area contributed by atoms with Crippen molar-refractivity contribution in [3.05, 3.63) is 35.4 Å².